The number of hydrogen-bond donors (Lipinski definition) is 0. The van der Waals surface area contributed by atoms with Crippen molar-refractivity contribution in [3.05, 3.63) is 67.1 Å². The highest BCUT2D eigenvalue weighted by Gasteiger charge is 2.31. The van der Waals surface area contributed by atoms with Crippen molar-refractivity contribution in [3.63, 3.8) is 0 Å². The molecular formula is C22H14F3N5O3. The van der Waals surface area contributed by atoms with E-state index in [9.17, 15) is 13.2 Å². The molecule has 0 atom stereocenters. The van der Waals surface area contributed by atoms with E-state index in [0.29, 0.717) is 17.0 Å². The normalized spacial score (nSPS) is 11.6. The van der Waals surface area contributed by atoms with Crippen LogP contribution in [0.2, 0.25) is 0 Å². The second kappa shape index (κ2) is 7.93. The van der Waals surface area contributed by atoms with E-state index in [1.165, 1.54) is 24.5 Å². The van der Waals surface area contributed by atoms with E-state index in [2.05, 4.69) is 24.8 Å². The Hall–Kier alpha value is -4.41. The Morgan fingerprint density at radius 2 is 1.73 bits per heavy atom. The number of halogens is 3. The highest BCUT2D eigenvalue weighted by molar-refractivity contribution is 5.81. The maximum absolute atomic E-state index is 12.3. The first-order chi connectivity index (χ1) is 15.8. The Kier molecular flexibility index (Phi) is 4.93. The lowest BCUT2D eigenvalue weighted by Crippen LogP contribution is -2.16. The minimum atomic E-state index is -4.76. The predicted octanol–water partition coefficient (Wildman–Crippen LogP) is 5.38. The van der Waals surface area contributed by atoms with Crippen LogP contribution in [-0.4, -0.2) is 31.0 Å². The Balaban J connectivity index is 1.30. The van der Waals surface area contributed by atoms with Gasteiger partial charge in [-0.3, -0.25) is 0 Å². The molecule has 0 fully saturated rings. The summed E-state index contributed by atoms with van der Waals surface area (Å²) in [4.78, 5) is 12.7. The summed E-state index contributed by atoms with van der Waals surface area (Å²) in [6.07, 6.45) is 0.0570. The zero-order chi connectivity index (χ0) is 23.0. The van der Waals surface area contributed by atoms with Gasteiger partial charge in [0.05, 0.1) is 17.9 Å². The molecule has 166 valence electrons. The van der Waals surface area contributed by atoms with Crippen LogP contribution in [0, 0.1) is 0 Å². The monoisotopic (exact) mass is 453 g/mol. The van der Waals surface area contributed by atoms with Crippen LogP contribution in [-0.2, 0) is 7.05 Å². The fraction of sp³-hybridized carbons (Fsp3) is 0.0909. The minimum absolute atomic E-state index is 0.102. The molecule has 5 aromatic rings. The summed E-state index contributed by atoms with van der Waals surface area (Å²) in [5, 5.41) is 4.94. The molecule has 0 aliphatic rings. The molecule has 0 aliphatic carbocycles. The zero-order valence-electron chi connectivity index (χ0n) is 16.9. The van der Waals surface area contributed by atoms with Crippen LogP contribution in [0.25, 0.3) is 33.9 Å². The summed E-state index contributed by atoms with van der Waals surface area (Å²) in [5.41, 5.74) is 1.79. The third-order valence-electron chi connectivity index (χ3n) is 4.70. The molecule has 0 spiro atoms. The lowest BCUT2D eigenvalue weighted by atomic mass is 10.2. The molecule has 0 N–H and O–H groups in total. The smallest absolute Gasteiger partial charge is 0.437 e. The highest BCUT2D eigenvalue weighted by atomic mass is 19.4. The van der Waals surface area contributed by atoms with Gasteiger partial charge in [-0.05, 0) is 47.9 Å². The number of aromatic nitrogens is 5. The average molecular weight is 453 g/mol. The molecule has 0 saturated heterocycles. The van der Waals surface area contributed by atoms with Crippen LogP contribution in [0.4, 0.5) is 13.2 Å². The van der Waals surface area contributed by atoms with Gasteiger partial charge in [-0.15, -0.1) is 13.2 Å². The minimum Gasteiger partial charge on any atom is -0.437 e. The maximum Gasteiger partial charge on any atom is 0.573 e. The van der Waals surface area contributed by atoms with Crippen molar-refractivity contribution in [2.75, 3.05) is 0 Å². The van der Waals surface area contributed by atoms with Gasteiger partial charge in [0.15, 0.2) is 0 Å². The van der Waals surface area contributed by atoms with Crippen molar-refractivity contribution in [1.82, 2.24) is 24.7 Å². The summed E-state index contributed by atoms with van der Waals surface area (Å²) in [6, 6.07) is 12.8. The third-order valence-corrected chi connectivity index (χ3v) is 4.70. The quantitative estimate of drug-likeness (QED) is 0.353. The summed E-state index contributed by atoms with van der Waals surface area (Å²) in [6.45, 7) is 0. The van der Waals surface area contributed by atoms with E-state index in [1.54, 1.807) is 0 Å². The Bertz CT molecular complexity index is 1410. The number of benzene rings is 2. The Morgan fingerprint density at radius 1 is 0.939 bits per heavy atom. The molecule has 33 heavy (non-hydrogen) atoms. The molecular weight excluding hydrogens is 439 g/mol. The molecule has 0 amide bonds. The van der Waals surface area contributed by atoms with Gasteiger partial charge in [-0.2, -0.15) is 4.98 Å². The Labute approximate surface area is 184 Å². The summed E-state index contributed by atoms with van der Waals surface area (Å²) in [7, 11) is 1.95. The number of aryl methyl sites for hydroxylation is 1. The van der Waals surface area contributed by atoms with Crippen LogP contribution < -0.4 is 9.47 Å². The summed E-state index contributed by atoms with van der Waals surface area (Å²) < 4.78 is 53.7. The van der Waals surface area contributed by atoms with Crippen molar-refractivity contribution in [2.45, 2.75) is 6.36 Å². The van der Waals surface area contributed by atoms with Gasteiger partial charge in [0.1, 0.15) is 17.2 Å². The van der Waals surface area contributed by atoms with E-state index < -0.39 is 6.36 Å². The predicted molar refractivity (Wildman–Crippen MR) is 110 cm³/mol. The average Bonchev–Trinajstić information content (AvgIpc) is 3.41. The number of ether oxygens (including phenoxy) is 2. The van der Waals surface area contributed by atoms with Gasteiger partial charge in [0, 0.05) is 24.9 Å². The molecule has 3 aromatic heterocycles. The fourth-order valence-electron chi connectivity index (χ4n) is 3.16. The molecule has 0 bridgehead atoms. The van der Waals surface area contributed by atoms with Crippen LogP contribution in [0.5, 0.6) is 17.4 Å². The molecule has 8 nitrogen and oxygen atoms in total. The van der Waals surface area contributed by atoms with Crippen LogP contribution >= 0.6 is 0 Å². The standard InChI is InChI=1S/C22H14F3N5O3/c1-30-9-8-13-2-7-16(10-18(13)30)31-19-12-26-17(11-27-19)21-28-20(29-33-21)14-3-5-15(6-4-14)32-22(23,24)25/h2-12H,1H3. The van der Waals surface area contributed by atoms with E-state index in [4.69, 9.17) is 9.26 Å². The molecule has 3 heterocycles. The summed E-state index contributed by atoms with van der Waals surface area (Å²) in [5.74, 6) is 0.839. The first-order valence-electron chi connectivity index (χ1n) is 9.59. The second-order valence-electron chi connectivity index (χ2n) is 6.98. The fourth-order valence-corrected chi connectivity index (χ4v) is 3.16. The third kappa shape index (κ3) is 4.47. The molecule has 2 aromatic carbocycles. The molecule has 11 heteroatoms. The van der Waals surface area contributed by atoms with E-state index in [0.717, 1.165) is 23.0 Å². The molecule has 0 saturated carbocycles. The SMILES string of the molecule is Cn1ccc2ccc(Oc3cnc(-c4nc(-c5ccc(OC(F)(F)F)cc5)no4)cn3)cc21. The number of nitrogens with zero attached hydrogens (tertiary/aromatic N) is 5. The van der Waals surface area contributed by atoms with Crippen molar-refractivity contribution in [3.8, 4) is 40.4 Å². The largest absolute Gasteiger partial charge is 0.573 e. The van der Waals surface area contributed by atoms with E-state index in [1.807, 2.05) is 42.1 Å². The van der Waals surface area contributed by atoms with Gasteiger partial charge in [0.25, 0.3) is 5.89 Å². The molecule has 0 aliphatic heterocycles. The zero-order valence-corrected chi connectivity index (χ0v) is 16.9. The van der Waals surface area contributed by atoms with Gasteiger partial charge in [0.2, 0.25) is 11.7 Å². The first-order valence-corrected chi connectivity index (χ1v) is 9.59. The maximum atomic E-state index is 12.3. The molecule has 0 radical (unpaired) electrons. The van der Waals surface area contributed by atoms with Crippen LogP contribution in [0.15, 0.2) is 71.6 Å². The molecule has 5 rings (SSSR count). The van der Waals surface area contributed by atoms with Gasteiger partial charge < -0.3 is 18.6 Å². The lowest BCUT2D eigenvalue weighted by Gasteiger charge is -2.08. The Morgan fingerprint density at radius 3 is 2.45 bits per heavy atom. The van der Waals surface area contributed by atoms with E-state index >= 15 is 0 Å². The van der Waals surface area contributed by atoms with Gasteiger partial charge >= 0.3 is 6.36 Å². The highest BCUT2D eigenvalue weighted by Crippen LogP contribution is 2.28. The number of rotatable bonds is 5. The van der Waals surface area contributed by atoms with Gasteiger partial charge in [-0.1, -0.05) is 5.16 Å². The van der Waals surface area contributed by atoms with Crippen molar-refractivity contribution >= 4 is 10.9 Å². The van der Waals surface area contributed by atoms with Crippen molar-refractivity contribution in [1.29, 1.82) is 0 Å². The summed E-state index contributed by atoms with van der Waals surface area (Å²) >= 11 is 0. The van der Waals surface area contributed by atoms with Crippen LogP contribution in [0.3, 0.4) is 0 Å². The first kappa shape index (κ1) is 20.5. The number of fused-ring (bicyclic) bond motifs is 1. The van der Waals surface area contributed by atoms with Crippen molar-refractivity contribution in [2.24, 2.45) is 7.05 Å². The van der Waals surface area contributed by atoms with Gasteiger partial charge in [-0.25, -0.2) is 9.97 Å². The second-order valence-corrected chi connectivity index (χ2v) is 6.98. The molecule has 0 unspecified atom stereocenters. The lowest BCUT2D eigenvalue weighted by molar-refractivity contribution is -0.274. The van der Waals surface area contributed by atoms with E-state index in [-0.39, 0.29) is 23.3 Å². The topological polar surface area (TPSA) is 88.1 Å². The number of hydrogen-bond acceptors (Lipinski definition) is 7. The van der Waals surface area contributed by atoms with Crippen molar-refractivity contribution < 1.29 is 27.2 Å². The number of alkyl halides is 3. The van der Waals surface area contributed by atoms with Crippen LogP contribution in [0.1, 0.15) is 0 Å².